The fraction of sp³-hybridized carbons (Fsp3) is 0.375. The average Bonchev–Trinajstić information content (AvgIpc) is 2.82. The molecule has 1 saturated heterocycles. The Kier molecular flexibility index (Phi) is 6.98. The van der Waals surface area contributed by atoms with Crippen LogP contribution in [0, 0.1) is 18.3 Å². The first-order valence-electron chi connectivity index (χ1n) is 11.0. The Balaban J connectivity index is 1.67. The van der Waals surface area contributed by atoms with Gasteiger partial charge in [0.05, 0.1) is 35.5 Å². The quantitative estimate of drug-likeness (QED) is 0.562. The summed E-state index contributed by atoms with van der Waals surface area (Å²) in [4.78, 5) is 19.9. The number of aryl methyl sites for hydroxylation is 1. The SMILES string of the molecule is Cc1nc(Oc2cc(C#N)ccc2-c2ncc([C@H](O)CN)cn2)cc(N2C[C@@H](C)O[C@@H](C)C2)n1. The standard InChI is InChI=1S/C24H27N7O3/c1-14-12-31(13-15(2)33-14)22-7-23(30-16(3)29-22)34-21-6-17(8-25)4-5-19(21)24-27-10-18(11-28-24)20(32)9-26/h4-7,10-11,14-15,20,32H,9,12-13,26H2,1-3H3/t14-,15+,20-/m1/s1. The second-order valence-electron chi connectivity index (χ2n) is 8.29. The van der Waals surface area contributed by atoms with Crippen LogP contribution in [0.25, 0.3) is 11.4 Å². The minimum Gasteiger partial charge on any atom is -0.438 e. The number of morpholine rings is 1. The third kappa shape index (κ3) is 5.28. The molecule has 3 heterocycles. The molecule has 0 bridgehead atoms. The molecule has 0 aliphatic carbocycles. The number of nitrogens with two attached hydrogens (primary N) is 1. The molecule has 0 radical (unpaired) electrons. The molecule has 0 spiro atoms. The van der Waals surface area contributed by atoms with Gasteiger partial charge in [-0.15, -0.1) is 0 Å². The third-order valence-corrected chi connectivity index (χ3v) is 5.39. The van der Waals surface area contributed by atoms with Crippen LogP contribution in [-0.2, 0) is 4.74 Å². The molecule has 0 unspecified atom stereocenters. The topological polar surface area (TPSA) is 143 Å². The van der Waals surface area contributed by atoms with E-state index in [0.29, 0.717) is 53.1 Å². The molecule has 1 aliphatic rings. The predicted octanol–water partition coefficient (Wildman–Crippen LogP) is 2.51. The number of benzene rings is 1. The van der Waals surface area contributed by atoms with E-state index in [9.17, 15) is 10.4 Å². The van der Waals surface area contributed by atoms with Gasteiger partial charge in [0.1, 0.15) is 17.4 Å². The van der Waals surface area contributed by atoms with Crippen molar-refractivity contribution in [2.75, 3.05) is 24.5 Å². The molecule has 1 aromatic carbocycles. The molecule has 3 N–H and O–H groups in total. The van der Waals surface area contributed by atoms with Gasteiger partial charge in [-0.05, 0) is 39.0 Å². The Morgan fingerprint density at radius 1 is 1.21 bits per heavy atom. The van der Waals surface area contributed by atoms with Crippen molar-refractivity contribution in [3.05, 3.63) is 53.6 Å². The van der Waals surface area contributed by atoms with Gasteiger partial charge in [0.15, 0.2) is 5.82 Å². The normalized spacial score (nSPS) is 18.9. The van der Waals surface area contributed by atoms with Gasteiger partial charge in [-0.2, -0.15) is 10.2 Å². The van der Waals surface area contributed by atoms with Crippen LogP contribution in [0.15, 0.2) is 36.7 Å². The molecule has 0 amide bonds. The van der Waals surface area contributed by atoms with Crippen molar-refractivity contribution in [1.29, 1.82) is 5.26 Å². The highest BCUT2D eigenvalue weighted by molar-refractivity contribution is 5.66. The molecular weight excluding hydrogens is 434 g/mol. The van der Waals surface area contributed by atoms with Crippen LogP contribution in [0.2, 0.25) is 0 Å². The first-order chi connectivity index (χ1) is 16.4. The maximum absolute atomic E-state index is 9.91. The number of aliphatic hydroxyl groups excluding tert-OH is 1. The molecule has 1 aliphatic heterocycles. The summed E-state index contributed by atoms with van der Waals surface area (Å²) in [7, 11) is 0. The maximum Gasteiger partial charge on any atom is 0.224 e. The molecule has 10 heteroatoms. The van der Waals surface area contributed by atoms with Crippen molar-refractivity contribution in [2.45, 2.75) is 39.1 Å². The summed E-state index contributed by atoms with van der Waals surface area (Å²) in [6.07, 6.45) is 2.38. The number of rotatable bonds is 6. The lowest BCUT2D eigenvalue weighted by atomic mass is 10.1. The third-order valence-electron chi connectivity index (χ3n) is 5.39. The molecule has 2 aromatic heterocycles. The van der Waals surface area contributed by atoms with E-state index in [-0.39, 0.29) is 18.8 Å². The lowest BCUT2D eigenvalue weighted by molar-refractivity contribution is -0.00549. The maximum atomic E-state index is 9.91. The largest absolute Gasteiger partial charge is 0.438 e. The van der Waals surface area contributed by atoms with Crippen LogP contribution in [-0.4, -0.2) is 56.9 Å². The number of ether oxygens (including phenoxy) is 2. The van der Waals surface area contributed by atoms with Gasteiger partial charge < -0.3 is 25.2 Å². The minimum absolute atomic E-state index is 0.0734. The van der Waals surface area contributed by atoms with Crippen molar-refractivity contribution < 1.29 is 14.6 Å². The Labute approximate surface area is 198 Å². The molecule has 10 nitrogen and oxygen atoms in total. The first kappa shape index (κ1) is 23.5. The highest BCUT2D eigenvalue weighted by atomic mass is 16.5. The van der Waals surface area contributed by atoms with Gasteiger partial charge in [0.25, 0.3) is 0 Å². The van der Waals surface area contributed by atoms with Gasteiger partial charge >= 0.3 is 0 Å². The monoisotopic (exact) mass is 461 g/mol. The number of aliphatic hydroxyl groups is 1. The van der Waals surface area contributed by atoms with E-state index >= 15 is 0 Å². The fourth-order valence-corrected chi connectivity index (χ4v) is 3.86. The number of anilines is 1. The van der Waals surface area contributed by atoms with Crippen molar-refractivity contribution >= 4 is 5.82 Å². The van der Waals surface area contributed by atoms with Gasteiger partial charge in [0, 0.05) is 43.7 Å². The summed E-state index contributed by atoms with van der Waals surface area (Å²) >= 11 is 0. The van der Waals surface area contributed by atoms with E-state index in [1.54, 1.807) is 31.2 Å². The highest BCUT2D eigenvalue weighted by Crippen LogP contribution is 2.33. The van der Waals surface area contributed by atoms with Crippen LogP contribution < -0.4 is 15.4 Å². The zero-order chi connectivity index (χ0) is 24.2. The van der Waals surface area contributed by atoms with E-state index in [1.807, 2.05) is 13.8 Å². The Morgan fingerprint density at radius 3 is 2.56 bits per heavy atom. The lowest BCUT2D eigenvalue weighted by Crippen LogP contribution is -2.45. The second-order valence-corrected chi connectivity index (χ2v) is 8.29. The zero-order valence-corrected chi connectivity index (χ0v) is 19.3. The smallest absolute Gasteiger partial charge is 0.224 e. The van der Waals surface area contributed by atoms with Gasteiger partial charge in [0.2, 0.25) is 5.88 Å². The first-order valence-corrected chi connectivity index (χ1v) is 11.0. The van der Waals surface area contributed by atoms with E-state index in [2.05, 4.69) is 30.9 Å². The Morgan fingerprint density at radius 2 is 1.91 bits per heavy atom. The molecule has 3 atom stereocenters. The summed E-state index contributed by atoms with van der Waals surface area (Å²) in [6.45, 7) is 7.37. The van der Waals surface area contributed by atoms with Crippen LogP contribution in [0.4, 0.5) is 5.82 Å². The molecule has 34 heavy (non-hydrogen) atoms. The van der Waals surface area contributed by atoms with Crippen LogP contribution in [0.1, 0.15) is 36.9 Å². The second kappa shape index (κ2) is 10.1. The fourth-order valence-electron chi connectivity index (χ4n) is 3.86. The molecule has 0 saturated carbocycles. The van der Waals surface area contributed by atoms with Gasteiger partial charge in [-0.25, -0.2) is 15.0 Å². The number of nitriles is 1. The lowest BCUT2D eigenvalue weighted by Gasteiger charge is -2.36. The number of hydrogen-bond donors (Lipinski definition) is 2. The number of nitrogens with zero attached hydrogens (tertiary/aromatic N) is 6. The molecule has 176 valence electrons. The van der Waals surface area contributed by atoms with Crippen LogP contribution >= 0.6 is 0 Å². The van der Waals surface area contributed by atoms with Crippen LogP contribution in [0.5, 0.6) is 11.6 Å². The summed E-state index contributed by atoms with van der Waals surface area (Å²) in [6, 6.07) is 8.92. The average molecular weight is 462 g/mol. The summed E-state index contributed by atoms with van der Waals surface area (Å²) in [5.41, 5.74) is 7.04. The molecule has 3 aromatic rings. The van der Waals surface area contributed by atoms with Gasteiger partial charge in [-0.1, -0.05) is 0 Å². The Hall–Kier alpha value is -3.65. The summed E-state index contributed by atoms with van der Waals surface area (Å²) in [5.74, 6) is 2.43. The van der Waals surface area contributed by atoms with E-state index in [1.165, 1.54) is 12.4 Å². The van der Waals surface area contributed by atoms with E-state index < -0.39 is 6.10 Å². The molecular formula is C24H27N7O3. The van der Waals surface area contributed by atoms with Crippen molar-refractivity contribution in [1.82, 2.24) is 19.9 Å². The number of hydrogen-bond acceptors (Lipinski definition) is 10. The van der Waals surface area contributed by atoms with Gasteiger partial charge in [-0.3, -0.25) is 0 Å². The summed E-state index contributed by atoms with van der Waals surface area (Å²) in [5, 5.41) is 19.3. The van der Waals surface area contributed by atoms with Crippen LogP contribution in [0.3, 0.4) is 0 Å². The highest BCUT2D eigenvalue weighted by Gasteiger charge is 2.24. The summed E-state index contributed by atoms with van der Waals surface area (Å²) < 4.78 is 12.0. The molecule has 1 fully saturated rings. The van der Waals surface area contributed by atoms with Crippen molar-refractivity contribution in [3.63, 3.8) is 0 Å². The van der Waals surface area contributed by atoms with Crippen molar-refractivity contribution in [3.8, 4) is 29.1 Å². The van der Waals surface area contributed by atoms with Crippen molar-refractivity contribution in [2.24, 2.45) is 5.73 Å². The van der Waals surface area contributed by atoms with E-state index in [0.717, 1.165) is 5.82 Å². The predicted molar refractivity (Wildman–Crippen MR) is 125 cm³/mol. The number of aromatic nitrogens is 4. The minimum atomic E-state index is -0.834. The molecule has 4 rings (SSSR count). The van der Waals surface area contributed by atoms with E-state index in [4.69, 9.17) is 15.2 Å². The Bertz CT molecular complexity index is 1190. The zero-order valence-electron chi connectivity index (χ0n) is 19.3.